The van der Waals surface area contributed by atoms with Gasteiger partial charge in [0, 0.05) is 13.1 Å². The molecule has 0 radical (unpaired) electrons. The van der Waals surface area contributed by atoms with Crippen LogP contribution < -0.4 is 10.6 Å². The molecule has 18 heavy (non-hydrogen) atoms. The maximum Gasteiger partial charge on any atom is 0.224 e. The van der Waals surface area contributed by atoms with Crippen LogP contribution in [-0.4, -0.2) is 25.5 Å². The van der Waals surface area contributed by atoms with Gasteiger partial charge in [0.25, 0.3) is 0 Å². The Kier molecular flexibility index (Phi) is 4.76. The molecule has 1 fully saturated rings. The topological polar surface area (TPSA) is 41.1 Å². The van der Waals surface area contributed by atoms with Crippen LogP contribution in [-0.2, 0) is 11.2 Å². The van der Waals surface area contributed by atoms with Gasteiger partial charge in [0.05, 0.1) is 5.92 Å². The molecule has 1 amide bonds. The van der Waals surface area contributed by atoms with Gasteiger partial charge in [-0.2, -0.15) is 0 Å². The molecule has 1 aliphatic heterocycles. The lowest BCUT2D eigenvalue weighted by Crippen LogP contribution is -2.35. The molecule has 1 aliphatic rings. The zero-order chi connectivity index (χ0) is 12.8. The standard InChI is InChI=1S/C15H22N2O/c1-12-10-16-11-14(12)15(18)17-9-5-8-13-6-3-2-4-7-13/h2-4,6-7,12,14,16H,5,8-11H2,1H3,(H,17,18)/t12-,14-/m1/s1. The molecule has 98 valence electrons. The minimum atomic E-state index is 0.154. The van der Waals surface area contributed by atoms with E-state index in [1.54, 1.807) is 0 Å². The summed E-state index contributed by atoms with van der Waals surface area (Å²) < 4.78 is 0. The molecule has 0 saturated carbocycles. The number of carbonyl (C=O) groups excluding carboxylic acids is 1. The Morgan fingerprint density at radius 3 is 2.78 bits per heavy atom. The molecule has 0 bridgehead atoms. The maximum atomic E-state index is 11.9. The first-order valence-corrected chi connectivity index (χ1v) is 6.79. The zero-order valence-electron chi connectivity index (χ0n) is 11.0. The highest BCUT2D eigenvalue weighted by molar-refractivity contribution is 5.79. The third-order valence-electron chi connectivity index (χ3n) is 3.64. The first kappa shape index (κ1) is 13.1. The quantitative estimate of drug-likeness (QED) is 0.775. The SMILES string of the molecule is C[C@@H]1CNC[C@H]1C(=O)NCCCc1ccccc1. The lowest BCUT2D eigenvalue weighted by atomic mass is 9.97. The van der Waals surface area contributed by atoms with Gasteiger partial charge in [0.1, 0.15) is 0 Å². The van der Waals surface area contributed by atoms with Crippen molar-refractivity contribution < 1.29 is 4.79 Å². The Bertz CT molecular complexity index is 377. The number of hydrogen-bond acceptors (Lipinski definition) is 2. The highest BCUT2D eigenvalue weighted by Gasteiger charge is 2.28. The van der Waals surface area contributed by atoms with Crippen LogP contribution >= 0.6 is 0 Å². The number of aryl methyl sites for hydroxylation is 1. The summed E-state index contributed by atoms with van der Waals surface area (Å²) in [5, 5.41) is 6.30. The van der Waals surface area contributed by atoms with Crippen molar-refractivity contribution in [2.24, 2.45) is 11.8 Å². The van der Waals surface area contributed by atoms with Crippen molar-refractivity contribution in [3.63, 3.8) is 0 Å². The van der Waals surface area contributed by atoms with Crippen LogP contribution in [0.3, 0.4) is 0 Å². The van der Waals surface area contributed by atoms with E-state index in [1.165, 1.54) is 5.56 Å². The average molecular weight is 246 g/mol. The van der Waals surface area contributed by atoms with Gasteiger partial charge in [-0.25, -0.2) is 0 Å². The van der Waals surface area contributed by atoms with Crippen molar-refractivity contribution in [3.05, 3.63) is 35.9 Å². The highest BCUT2D eigenvalue weighted by Crippen LogP contribution is 2.15. The molecule has 3 heteroatoms. The van der Waals surface area contributed by atoms with E-state index in [0.29, 0.717) is 5.92 Å². The number of hydrogen-bond donors (Lipinski definition) is 2. The van der Waals surface area contributed by atoms with Crippen molar-refractivity contribution in [3.8, 4) is 0 Å². The first-order chi connectivity index (χ1) is 8.77. The average Bonchev–Trinajstić information content (AvgIpc) is 2.82. The normalized spacial score (nSPS) is 22.9. The minimum absolute atomic E-state index is 0.154. The molecule has 1 heterocycles. The van der Waals surface area contributed by atoms with Crippen molar-refractivity contribution in [2.75, 3.05) is 19.6 Å². The van der Waals surface area contributed by atoms with E-state index in [0.717, 1.165) is 32.5 Å². The van der Waals surface area contributed by atoms with Crippen molar-refractivity contribution >= 4 is 5.91 Å². The predicted octanol–water partition coefficient (Wildman–Crippen LogP) is 1.59. The number of amides is 1. The number of carbonyl (C=O) groups is 1. The monoisotopic (exact) mass is 246 g/mol. The van der Waals surface area contributed by atoms with Gasteiger partial charge in [0.15, 0.2) is 0 Å². The molecule has 2 atom stereocenters. The number of rotatable bonds is 5. The molecule has 3 nitrogen and oxygen atoms in total. The summed E-state index contributed by atoms with van der Waals surface area (Å²) in [5.74, 6) is 0.821. The maximum absolute atomic E-state index is 11.9. The van der Waals surface area contributed by atoms with Crippen LogP contribution in [0.1, 0.15) is 18.9 Å². The van der Waals surface area contributed by atoms with Crippen LogP contribution in [0, 0.1) is 11.8 Å². The van der Waals surface area contributed by atoms with E-state index in [9.17, 15) is 4.79 Å². The fraction of sp³-hybridized carbons (Fsp3) is 0.533. The largest absolute Gasteiger partial charge is 0.356 e. The van der Waals surface area contributed by atoms with Gasteiger partial charge >= 0.3 is 0 Å². The van der Waals surface area contributed by atoms with Crippen LogP contribution in [0.5, 0.6) is 0 Å². The van der Waals surface area contributed by atoms with E-state index >= 15 is 0 Å². The molecule has 1 aromatic carbocycles. The summed E-state index contributed by atoms with van der Waals surface area (Å²) in [6.07, 6.45) is 2.03. The molecule has 0 aromatic heterocycles. The summed E-state index contributed by atoms with van der Waals surface area (Å²) in [4.78, 5) is 11.9. The summed E-state index contributed by atoms with van der Waals surface area (Å²) in [5.41, 5.74) is 1.34. The minimum Gasteiger partial charge on any atom is -0.356 e. The fourth-order valence-corrected chi connectivity index (χ4v) is 2.44. The van der Waals surface area contributed by atoms with Gasteiger partial charge in [-0.05, 0) is 30.9 Å². The number of nitrogens with one attached hydrogen (secondary N) is 2. The summed E-state index contributed by atoms with van der Waals surface area (Å²) in [7, 11) is 0. The van der Waals surface area contributed by atoms with E-state index < -0.39 is 0 Å². The lowest BCUT2D eigenvalue weighted by molar-refractivity contribution is -0.125. The molecular weight excluding hydrogens is 224 g/mol. The van der Waals surface area contributed by atoms with Crippen molar-refractivity contribution in [1.82, 2.24) is 10.6 Å². The first-order valence-electron chi connectivity index (χ1n) is 6.79. The number of benzene rings is 1. The lowest BCUT2D eigenvalue weighted by Gasteiger charge is -2.14. The van der Waals surface area contributed by atoms with Crippen molar-refractivity contribution in [1.29, 1.82) is 0 Å². The van der Waals surface area contributed by atoms with Crippen molar-refractivity contribution in [2.45, 2.75) is 19.8 Å². The second kappa shape index (κ2) is 6.55. The summed E-state index contributed by atoms with van der Waals surface area (Å²) >= 11 is 0. The summed E-state index contributed by atoms with van der Waals surface area (Å²) in [6.45, 7) is 4.69. The Balaban J connectivity index is 1.65. The third kappa shape index (κ3) is 3.57. The molecule has 0 aliphatic carbocycles. The van der Waals surface area contributed by atoms with Crippen LogP contribution in [0.25, 0.3) is 0 Å². The van der Waals surface area contributed by atoms with Crippen LogP contribution in [0.4, 0.5) is 0 Å². The molecule has 1 aromatic rings. The summed E-state index contributed by atoms with van der Waals surface area (Å²) in [6, 6.07) is 10.4. The van der Waals surface area contributed by atoms with Crippen LogP contribution in [0.15, 0.2) is 30.3 Å². The van der Waals surface area contributed by atoms with E-state index in [1.807, 2.05) is 6.07 Å². The van der Waals surface area contributed by atoms with Gasteiger partial charge in [-0.3, -0.25) is 4.79 Å². The van der Waals surface area contributed by atoms with E-state index in [2.05, 4.69) is 41.8 Å². The molecule has 0 unspecified atom stereocenters. The zero-order valence-corrected chi connectivity index (χ0v) is 11.0. The van der Waals surface area contributed by atoms with E-state index in [4.69, 9.17) is 0 Å². The molecule has 2 rings (SSSR count). The molecule has 1 saturated heterocycles. The van der Waals surface area contributed by atoms with Gasteiger partial charge < -0.3 is 10.6 Å². The molecule has 0 spiro atoms. The third-order valence-corrected chi connectivity index (χ3v) is 3.64. The Hall–Kier alpha value is -1.35. The molecule has 2 N–H and O–H groups in total. The second-order valence-corrected chi connectivity index (χ2v) is 5.12. The Morgan fingerprint density at radius 2 is 2.11 bits per heavy atom. The van der Waals surface area contributed by atoms with Gasteiger partial charge in [-0.1, -0.05) is 37.3 Å². The molecular formula is C15H22N2O. The van der Waals surface area contributed by atoms with Gasteiger partial charge in [-0.15, -0.1) is 0 Å². The van der Waals surface area contributed by atoms with Gasteiger partial charge in [0.2, 0.25) is 5.91 Å². The fourth-order valence-electron chi connectivity index (χ4n) is 2.44. The Morgan fingerprint density at radius 1 is 1.33 bits per heavy atom. The predicted molar refractivity (Wildman–Crippen MR) is 73.3 cm³/mol. The second-order valence-electron chi connectivity index (χ2n) is 5.12. The Labute approximate surface area is 109 Å². The smallest absolute Gasteiger partial charge is 0.224 e. The highest BCUT2D eigenvalue weighted by atomic mass is 16.1. The van der Waals surface area contributed by atoms with Crippen LogP contribution in [0.2, 0.25) is 0 Å². The van der Waals surface area contributed by atoms with E-state index in [-0.39, 0.29) is 11.8 Å².